The van der Waals surface area contributed by atoms with E-state index in [9.17, 15) is 4.79 Å². The Kier molecular flexibility index (Phi) is 4.29. The summed E-state index contributed by atoms with van der Waals surface area (Å²) in [6.45, 7) is 5.94. The van der Waals surface area contributed by atoms with Crippen molar-refractivity contribution in [2.24, 2.45) is 5.41 Å². The maximum atomic E-state index is 12.4. The summed E-state index contributed by atoms with van der Waals surface area (Å²) in [7, 11) is 3.12. The van der Waals surface area contributed by atoms with Gasteiger partial charge in [-0.25, -0.2) is 0 Å². The van der Waals surface area contributed by atoms with Crippen LogP contribution < -0.4 is 4.74 Å². The van der Waals surface area contributed by atoms with Crippen molar-refractivity contribution < 1.29 is 14.3 Å². The number of hydrogen-bond acceptors (Lipinski definition) is 3. The Bertz CT molecular complexity index is 391. The minimum atomic E-state index is -0.473. The summed E-state index contributed by atoms with van der Waals surface area (Å²) in [6, 6.07) is 7.21. The van der Waals surface area contributed by atoms with Gasteiger partial charge >= 0.3 is 0 Å². The van der Waals surface area contributed by atoms with E-state index in [0.29, 0.717) is 11.3 Å². The molecule has 1 rings (SSSR count). The second-order valence-electron chi connectivity index (χ2n) is 5.05. The zero-order chi connectivity index (χ0) is 13.1. The third kappa shape index (κ3) is 3.07. The van der Waals surface area contributed by atoms with E-state index in [0.717, 1.165) is 0 Å². The number of methoxy groups -OCH3 is 2. The van der Waals surface area contributed by atoms with E-state index in [1.165, 1.54) is 0 Å². The Morgan fingerprint density at radius 1 is 1.18 bits per heavy atom. The molecule has 0 aliphatic carbocycles. The number of hydrogen-bond donors (Lipinski definition) is 0. The summed E-state index contributed by atoms with van der Waals surface area (Å²) in [5.74, 6) is 0.543. The molecule has 0 amide bonds. The molecule has 0 aromatic heterocycles. The number of para-hydroxylation sites is 1. The molecule has 0 fully saturated rings. The molecule has 0 bridgehead atoms. The van der Waals surface area contributed by atoms with Crippen LogP contribution in [0.1, 0.15) is 31.1 Å². The van der Waals surface area contributed by atoms with Crippen LogP contribution in [-0.4, -0.2) is 26.1 Å². The van der Waals surface area contributed by atoms with Crippen LogP contribution in [-0.2, 0) is 4.74 Å². The van der Waals surface area contributed by atoms with Crippen LogP contribution >= 0.6 is 0 Å². The van der Waals surface area contributed by atoms with Gasteiger partial charge in [-0.2, -0.15) is 0 Å². The van der Waals surface area contributed by atoms with Crippen molar-refractivity contribution in [2.45, 2.75) is 26.9 Å². The minimum absolute atomic E-state index is 0.0440. The first-order chi connectivity index (χ1) is 7.91. The lowest BCUT2D eigenvalue weighted by molar-refractivity contribution is 0.0194. The van der Waals surface area contributed by atoms with Gasteiger partial charge in [0.15, 0.2) is 5.78 Å². The number of carbonyl (C=O) groups excluding carboxylic acids is 1. The molecule has 0 saturated heterocycles. The molecular formula is C14H20O3. The molecule has 94 valence electrons. The topological polar surface area (TPSA) is 35.5 Å². The molecule has 17 heavy (non-hydrogen) atoms. The molecule has 1 aromatic rings. The van der Waals surface area contributed by atoms with Crippen molar-refractivity contribution in [3.05, 3.63) is 29.8 Å². The number of ether oxygens (including phenoxy) is 2. The third-order valence-corrected chi connectivity index (χ3v) is 2.63. The summed E-state index contributed by atoms with van der Waals surface area (Å²) in [6.07, 6.45) is -0.473. The zero-order valence-corrected chi connectivity index (χ0v) is 11.1. The van der Waals surface area contributed by atoms with Crippen molar-refractivity contribution in [3.8, 4) is 5.75 Å². The average Bonchev–Trinajstić information content (AvgIpc) is 2.27. The lowest BCUT2D eigenvalue weighted by atomic mass is 9.84. The summed E-state index contributed by atoms with van der Waals surface area (Å²) in [5.41, 5.74) is 0.323. The number of carbonyl (C=O) groups is 1. The average molecular weight is 236 g/mol. The summed E-state index contributed by atoms with van der Waals surface area (Å²) < 4.78 is 10.5. The maximum Gasteiger partial charge on any atom is 0.195 e. The van der Waals surface area contributed by atoms with Crippen molar-refractivity contribution >= 4 is 5.78 Å². The summed E-state index contributed by atoms with van der Waals surface area (Å²) in [5, 5.41) is 0. The quantitative estimate of drug-likeness (QED) is 0.754. The standard InChI is InChI=1S/C14H20O3/c1-14(2,3)13(17-5)12(15)10-8-6-7-9-11(10)16-4/h6-9,13H,1-5H3. The molecular weight excluding hydrogens is 216 g/mol. The summed E-state index contributed by atoms with van der Waals surface area (Å²) in [4.78, 5) is 12.4. The zero-order valence-electron chi connectivity index (χ0n) is 11.1. The molecule has 0 radical (unpaired) electrons. The van der Waals surface area contributed by atoms with Crippen molar-refractivity contribution in [1.29, 1.82) is 0 Å². The Morgan fingerprint density at radius 2 is 1.76 bits per heavy atom. The van der Waals surface area contributed by atoms with Crippen molar-refractivity contribution in [1.82, 2.24) is 0 Å². The van der Waals surface area contributed by atoms with Crippen LogP contribution in [0.25, 0.3) is 0 Å². The molecule has 0 N–H and O–H groups in total. The predicted octanol–water partition coefficient (Wildman–Crippen LogP) is 2.94. The SMILES string of the molecule is COc1ccccc1C(=O)C(OC)C(C)(C)C. The molecule has 3 nitrogen and oxygen atoms in total. The second kappa shape index (κ2) is 5.32. The molecule has 1 aromatic carbocycles. The largest absolute Gasteiger partial charge is 0.496 e. The van der Waals surface area contributed by atoms with E-state index >= 15 is 0 Å². The van der Waals surface area contributed by atoms with E-state index in [2.05, 4.69) is 0 Å². The first kappa shape index (κ1) is 13.7. The molecule has 0 aliphatic heterocycles. The molecule has 0 spiro atoms. The number of rotatable bonds is 4. The van der Waals surface area contributed by atoms with Gasteiger partial charge in [0.2, 0.25) is 0 Å². The monoisotopic (exact) mass is 236 g/mol. The van der Waals surface area contributed by atoms with Gasteiger partial charge in [-0.3, -0.25) is 4.79 Å². The van der Waals surface area contributed by atoms with Gasteiger partial charge in [-0.15, -0.1) is 0 Å². The van der Waals surface area contributed by atoms with Gasteiger partial charge < -0.3 is 9.47 Å². The van der Waals surface area contributed by atoms with Crippen LogP contribution in [0.5, 0.6) is 5.75 Å². The van der Waals surface area contributed by atoms with Crippen LogP contribution in [0, 0.1) is 5.41 Å². The Morgan fingerprint density at radius 3 is 2.24 bits per heavy atom. The van der Waals surface area contributed by atoms with Crippen LogP contribution in [0.4, 0.5) is 0 Å². The highest BCUT2D eigenvalue weighted by molar-refractivity contribution is 6.02. The Hall–Kier alpha value is -1.35. The van der Waals surface area contributed by atoms with Gasteiger partial charge in [-0.05, 0) is 17.5 Å². The Labute approximate surface area is 103 Å². The van der Waals surface area contributed by atoms with E-state index in [4.69, 9.17) is 9.47 Å². The molecule has 0 saturated carbocycles. The molecule has 3 heteroatoms. The number of Topliss-reactive ketones (excluding diaryl/α,β-unsaturated/α-hetero) is 1. The van der Waals surface area contributed by atoms with E-state index in [-0.39, 0.29) is 11.2 Å². The highest BCUT2D eigenvalue weighted by Crippen LogP contribution is 2.28. The predicted molar refractivity (Wildman–Crippen MR) is 67.6 cm³/mol. The van der Waals surface area contributed by atoms with Crippen LogP contribution in [0.2, 0.25) is 0 Å². The fraction of sp³-hybridized carbons (Fsp3) is 0.500. The lowest BCUT2D eigenvalue weighted by Gasteiger charge is -2.28. The number of ketones is 1. The highest BCUT2D eigenvalue weighted by Gasteiger charge is 2.33. The van der Waals surface area contributed by atoms with Crippen LogP contribution in [0.15, 0.2) is 24.3 Å². The maximum absolute atomic E-state index is 12.4. The highest BCUT2D eigenvalue weighted by atomic mass is 16.5. The van der Waals surface area contributed by atoms with Gasteiger partial charge in [-0.1, -0.05) is 32.9 Å². The van der Waals surface area contributed by atoms with Crippen molar-refractivity contribution in [2.75, 3.05) is 14.2 Å². The Balaban J connectivity index is 3.11. The van der Waals surface area contributed by atoms with Gasteiger partial charge in [0.1, 0.15) is 11.9 Å². The fourth-order valence-corrected chi connectivity index (χ4v) is 1.84. The normalized spacial score (nSPS) is 13.2. The first-order valence-electron chi connectivity index (χ1n) is 5.62. The van der Waals surface area contributed by atoms with E-state index in [1.54, 1.807) is 26.4 Å². The fourth-order valence-electron chi connectivity index (χ4n) is 1.84. The molecule has 1 unspecified atom stereocenters. The first-order valence-corrected chi connectivity index (χ1v) is 5.62. The van der Waals surface area contributed by atoms with Gasteiger partial charge in [0, 0.05) is 7.11 Å². The van der Waals surface area contributed by atoms with Crippen molar-refractivity contribution in [3.63, 3.8) is 0 Å². The van der Waals surface area contributed by atoms with Gasteiger partial charge in [0.25, 0.3) is 0 Å². The molecule has 1 atom stereocenters. The minimum Gasteiger partial charge on any atom is -0.496 e. The van der Waals surface area contributed by atoms with Gasteiger partial charge in [0.05, 0.1) is 12.7 Å². The molecule has 0 heterocycles. The second-order valence-corrected chi connectivity index (χ2v) is 5.05. The lowest BCUT2D eigenvalue weighted by Crippen LogP contribution is -2.36. The molecule has 0 aliphatic rings. The van der Waals surface area contributed by atoms with Crippen LogP contribution in [0.3, 0.4) is 0 Å². The summed E-state index contributed by atoms with van der Waals surface area (Å²) >= 11 is 0. The smallest absolute Gasteiger partial charge is 0.195 e. The van der Waals surface area contributed by atoms with E-state index in [1.807, 2.05) is 32.9 Å². The number of benzene rings is 1. The third-order valence-electron chi connectivity index (χ3n) is 2.63. The van der Waals surface area contributed by atoms with E-state index < -0.39 is 6.10 Å².